The van der Waals surface area contributed by atoms with Crippen molar-refractivity contribution in [2.75, 3.05) is 0 Å². The summed E-state index contributed by atoms with van der Waals surface area (Å²) in [5, 5.41) is 0. The first-order valence-corrected chi connectivity index (χ1v) is 11.2. The molecule has 0 spiro atoms. The minimum atomic E-state index is -0.828. The number of rotatable bonds is 6. The molecule has 1 saturated carbocycles. The Bertz CT molecular complexity index is 1470. The largest absolute Gasteiger partial charge is 0.486 e. The maximum Gasteiger partial charge on any atom is 0.345 e. The van der Waals surface area contributed by atoms with Crippen molar-refractivity contribution in [1.82, 2.24) is 14.1 Å². The highest BCUT2D eigenvalue weighted by Crippen LogP contribution is 2.36. The van der Waals surface area contributed by atoms with Crippen molar-refractivity contribution in [2.45, 2.75) is 31.8 Å². The van der Waals surface area contributed by atoms with Gasteiger partial charge in [0.15, 0.2) is 11.5 Å². The molecule has 8 heteroatoms. The fraction of sp³-hybridized carbons (Fsp3) is 0.192. The van der Waals surface area contributed by atoms with Gasteiger partial charge in [-0.15, -0.1) is 0 Å². The lowest BCUT2D eigenvalue weighted by molar-refractivity contribution is 0.203. The summed E-state index contributed by atoms with van der Waals surface area (Å²) in [6, 6.07) is 22.6. The quantitative estimate of drug-likeness (QED) is 0.475. The van der Waals surface area contributed by atoms with Crippen LogP contribution in [0.3, 0.4) is 0 Å². The summed E-state index contributed by atoms with van der Waals surface area (Å²) >= 11 is 0. The summed E-state index contributed by atoms with van der Waals surface area (Å²) in [7, 11) is 0. The molecule has 1 aromatic heterocycles. The molecule has 1 N–H and O–H groups in total. The van der Waals surface area contributed by atoms with Crippen molar-refractivity contribution in [1.29, 1.82) is 0 Å². The molecule has 1 aliphatic rings. The summed E-state index contributed by atoms with van der Waals surface area (Å²) in [6.45, 7) is 0. The minimum Gasteiger partial charge on any atom is -0.486 e. The molecule has 0 bridgehead atoms. The summed E-state index contributed by atoms with van der Waals surface area (Å²) in [5.74, 6) is 1.54. The molecule has 4 aromatic rings. The van der Waals surface area contributed by atoms with Crippen LogP contribution in [-0.4, -0.2) is 20.2 Å². The van der Waals surface area contributed by atoms with E-state index in [0.29, 0.717) is 22.9 Å². The number of nitrogens with one attached hydrogen (secondary N) is 1. The van der Waals surface area contributed by atoms with Gasteiger partial charge < -0.3 is 9.47 Å². The molecule has 3 aromatic carbocycles. The van der Waals surface area contributed by atoms with Crippen LogP contribution in [0.2, 0.25) is 0 Å². The zero-order valence-corrected chi connectivity index (χ0v) is 18.3. The van der Waals surface area contributed by atoms with E-state index in [2.05, 4.69) is 4.98 Å². The predicted molar refractivity (Wildman–Crippen MR) is 128 cm³/mol. The van der Waals surface area contributed by atoms with Crippen LogP contribution in [-0.2, 0) is 0 Å². The Labute approximate surface area is 194 Å². The van der Waals surface area contributed by atoms with Gasteiger partial charge in [0, 0.05) is 6.07 Å². The highest BCUT2D eigenvalue weighted by atomic mass is 16.5. The Morgan fingerprint density at radius 1 is 0.706 bits per heavy atom. The zero-order chi connectivity index (χ0) is 23.5. The fourth-order valence-corrected chi connectivity index (χ4v) is 4.12. The minimum absolute atomic E-state index is 0.0293. The first kappa shape index (κ1) is 21.5. The highest BCUT2D eigenvalue weighted by Gasteiger charge is 2.21. The van der Waals surface area contributed by atoms with Gasteiger partial charge in [-0.2, -0.15) is 0 Å². The van der Waals surface area contributed by atoms with E-state index in [-0.39, 0.29) is 11.8 Å². The van der Waals surface area contributed by atoms with Gasteiger partial charge in [-0.1, -0.05) is 36.4 Å². The zero-order valence-electron chi connectivity index (χ0n) is 18.3. The number of para-hydroxylation sites is 2. The van der Waals surface area contributed by atoms with E-state index in [0.717, 1.165) is 34.8 Å². The van der Waals surface area contributed by atoms with Gasteiger partial charge in [0.2, 0.25) is 0 Å². The number of H-pyrrole nitrogens is 1. The molecular formula is C26H23N3O5. The lowest BCUT2D eigenvalue weighted by Gasteiger charge is -2.18. The summed E-state index contributed by atoms with van der Waals surface area (Å²) < 4.78 is 14.1. The smallest absolute Gasteiger partial charge is 0.345 e. The molecule has 172 valence electrons. The Morgan fingerprint density at radius 2 is 1.32 bits per heavy atom. The number of nitrogens with zero attached hydrogens (tertiary/aromatic N) is 2. The van der Waals surface area contributed by atoms with Gasteiger partial charge in [0.1, 0.15) is 5.75 Å². The first-order chi connectivity index (χ1) is 16.6. The van der Waals surface area contributed by atoms with Gasteiger partial charge in [-0.25, -0.2) is 23.5 Å². The Kier molecular flexibility index (Phi) is 5.86. The van der Waals surface area contributed by atoms with Gasteiger partial charge in [0.05, 0.1) is 17.5 Å². The van der Waals surface area contributed by atoms with E-state index in [1.54, 1.807) is 48.5 Å². The van der Waals surface area contributed by atoms with Crippen LogP contribution in [0.15, 0.2) is 93.2 Å². The maximum atomic E-state index is 13.3. The molecule has 1 aliphatic carbocycles. The van der Waals surface area contributed by atoms with E-state index in [9.17, 15) is 14.4 Å². The standard InChI is InChI=1S/C26H23N3O5/c30-24-27-25(31)29(26(32)28(24)18-9-3-1-4-10-18)19-15-16-22(33-20-11-5-2-6-12-20)23(17-19)34-21-13-7-8-14-21/h1-6,9-12,15-17,21H,7-8,13-14H2,(H,27,30,31). The summed E-state index contributed by atoms with van der Waals surface area (Å²) in [4.78, 5) is 40.7. The molecule has 0 atom stereocenters. The van der Waals surface area contributed by atoms with Crippen molar-refractivity contribution >= 4 is 0 Å². The van der Waals surface area contributed by atoms with E-state index in [4.69, 9.17) is 9.47 Å². The molecule has 0 radical (unpaired) electrons. The second-order valence-corrected chi connectivity index (χ2v) is 8.09. The molecule has 0 amide bonds. The lowest BCUT2D eigenvalue weighted by Crippen LogP contribution is -2.48. The Morgan fingerprint density at radius 3 is 2.00 bits per heavy atom. The molecule has 1 heterocycles. The SMILES string of the molecule is O=c1[nH]c(=O)n(-c2ccc(Oc3ccccc3)c(OC3CCCC3)c2)c(=O)n1-c1ccccc1. The van der Waals surface area contributed by atoms with E-state index < -0.39 is 17.1 Å². The van der Waals surface area contributed by atoms with E-state index in [1.807, 2.05) is 30.3 Å². The van der Waals surface area contributed by atoms with Crippen LogP contribution in [0.5, 0.6) is 17.2 Å². The third-order valence-electron chi connectivity index (χ3n) is 5.77. The van der Waals surface area contributed by atoms with Crippen LogP contribution in [0.4, 0.5) is 0 Å². The van der Waals surface area contributed by atoms with Crippen LogP contribution in [0.25, 0.3) is 11.4 Å². The Balaban J connectivity index is 1.62. The third kappa shape index (κ3) is 4.30. The van der Waals surface area contributed by atoms with Gasteiger partial charge >= 0.3 is 17.1 Å². The van der Waals surface area contributed by atoms with Crippen molar-refractivity contribution in [3.05, 3.63) is 110 Å². The van der Waals surface area contributed by atoms with Crippen LogP contribution in [0.1, 0.15) is 25.7 Å². The summed E-state index contributed by atoms with van der Waals surface area (Å²) in [6.07, 6.45) is 4.05. The average molecular weight is 457 g/mol. The number of hydrogen-bond acceptors (Lipinski definition) is 5. The number of hydrogen-bond donors (Lipinski definition) is 1. The molecule has 5 rings (SSSR count). The maximum absolute atomic E-state index is 13.3. The molecule has 0 unspecified atom stereocenters. The average Bonchev–Trinajstić information content (AvgIpc) is 3.35. The van der Waals surface area contributed by atoms with Crippen molar-refractivity contribution in [3.63, 3.8) is 0 Å². The molecular weight excluding hydrogens is 434 g/mol. The van der Waals surface area contributed by atoms with Crippen LogP contribution < -0.4 is 26.5 Å². The third-order valence-corrected chi connectivity index (χ3v) is 5.77. The van der Waals surface area contributed by atoms with Crippen molar-refractivity contribution < 1.29 is 9.47 Å². The summed E-state index contributed by atoms with van der Waals surface area (Å²) in [5.41, 5.74) is -1.78. The number of ether oxygens (including phenoxy) is 2. The van der Waals surface area contributed by atoms with Crippen molar-refractivity contribution in [3.8, 4) is 28.6 Å². The predicted octanol–water partition coefficient (Wildman–Crippen LogP) is 3.79. The lowest BCUT2D eigenvalue weighted by atomic mass is 10.2. The van der Waals surface area contributed by atoms with E-state index >= 15 is 0 Å². The number of aromatic nitrogens is 3. The second kappa shape index (κ2) is 9.27. The van der Waals surface area contributed by atoms with Gasteiger partial charge in [0.25, 0.3) is 0 Å². The topological polar surface area (TPSA) is 95.3 Å². The Hall–Kier alpha value is -4.33. The molecule has 8 nitrogen and oxygen atoms in total. The highest BCUT2D eigenvalue weighted by molar-refractivity contribution is 5.50. The molecule has 0 aliphatic heterocycles. The number of aromatic amines is 1. The number of benzene rings is 3. The molecule has 0 saturated heterocycles. The van der Waals surface area contributed by atoms with Gasteiger partial charge in [-0.05, 0) is 62.1 Å². The van der Waals surface area contributed by atoms with E-state index in [1.165, 1.54) is 0 Å². The molecule has 34 heavy (non-hydrogen) atoms. The van der Waals surface area contributed by atoms with Gasteiger partial charge in [-0.3, -0.25) is 4.98 Å². The molecule has 1 fully saturated rings. The second-order valence-electron chi connectivity index (χ2n) is 8.09. The van der Waals surface area contributed by atoms with Crippen molar-refractivity contribution in [2.24, 2.45) is 0 Å². The van der Waals surface area contributed by atoms with Crippen LogP contribution >= 0.6 is 0 Å². The normalized spacial score (nSPS) is 13.6. The van der Waals surface area contributed by atoms with Crippen LogP contribution in [0, 0.1) is 0 Å². The fourth-order valence-electron chi connectivity index (χ4n) is 4.12. The first-order valence-electron chi connectivity index (χ1n) is 11.2. The monoisotopic (exact) mass is 457 g/mol.